The molecule has 29 heavy (non-hydrogen) atoms. The largest absolute Gasteiger partial charge is 0.475 e. The van der Waals surface area contributed by atoms with Gasteiger partial charge in [0, 0.05) is 30.1 Å². The summed E-state index contributed by atoms with van der Waals surface area (Å²) in [6, 6.07) is 14.8. The number of H-pyrrole nitrogens is 2. The summed E-state index contributed by atoms with van der Waals surface area (Å²) in [5.41, 5.74) is 4.17. The van der Waals surface area contributed by atoms with Crippen molar-refractivity contribution in [2.75, 3.05) is 0 Å². The number of carbonyl (C=O) groups is 1. The van der Waals surface area contributed by atoms with Gasteiger partial charge in [-0.3, -0.25) is 9.78 Å². The van der Waals surface area contributed by atoms with Crippen molar-refractivity contribution >= 4 is 23.2 Å². The molecule has 0 bridgehead atoms. The molecular weight excluding hydrogens is 366 g/mol. The molecule has 5 aromatic rings. The fourth-order valence-electron chi connectivity index (χ4n) is 3.45. The second-order valence-electron chi connectivity index (χ2n) is 6.55. The Hall–Kier alpha value is -4.26. The molecule has 0 aliphatic carbocycles. The maximum atomic E-state index is 12.6. The third-order valence-corrected chi connectivity index (χ3v) is 4.79. The molecule has 5 heterocycles. The number of aromatic hydroxyl groups is 1. The van der Waals surface area contributed by atoms with Crippen molar-refractivity contribution in [3.05, 3.63) is 90.7 Å². The number of allylic oxidation sites excluding steroid dienone is 1. The number of rotatable bonds is 4. The zero-order chi connectivity index (χ0) is 19.8. The van der Waals surface area contributed by atoms with Crippen molar-refractivity contribution in [2.45, 2.75) is 0 Å². The van der Waals surface area contributed by atoms with E-state index in [1.165, 1.54) is 6.08 Å². The van der Waals surface area contributed by atoms with Crippen LogP contribution in [0.2, 0.25) is 0 Å². The number of aromatic amines is 2. The lowest BCUT2D eigenvalue weighted by molar-refractivity contribution is -0.513. The lowest BCUT2D eigenvalue weighted by atomic mass is 10.1. The van der Waals surface area contributed by atoms with E-state index in [0.29, 0.717) is 17.0 Å². The van der Waals surface area contributed by atoms with Crippen molar-refractivity contribution in [1.82, 2.24) is 15.0 Å². The highest BCUT2D eigenvalue weighted by Crippen LogP contribution is 2.27. The Labute approximate surface area is 165 Å². The van der Waals surface area contributed by atoms with Crippen LogP contribution in [0.25, 0.3) is 28.8 Å². The number of pyridine rings is 3. The van der Waals surface area contributed by atoms with Crippen LogP contribution in [0.1, 0.15) is 16.1 Å². The van der Waals surface area contributed by atoms with E-state index in [1.54, 1.807) is 30.6 Å². The lowest BCUT2D eigenvalue weighted by Gasteiger charge is -1.95. The molecule has 0 aliphatic rings. The van der Waals surface area contributed by atoms with Gasteiger partial charge in [0.1, 0.15) is 0 Å². The SMILES string of the molecule is O=C(/C=C/c1c(-c2c(O)[nH]c3cccc[n+]23)[nH]c2cccc[n+]12)c1ccncc1. The van der Waals surface area contributed by atoms with Crippen LogP contribution in [0.5, 0.6) is 5.88 Å². The lowest BCUT2D eigenvalue weighted by Crippen LogP contribution is -2.24. The summed E-state index contributed by atoms with van der Waals surface area (Å²) < 4.78 is 3.80. The summed E-state index contributed by atoms with van der Waals surface area (Å²) in [5, 5.41) is 10.6. The molecular formula is C22H17N5O2+2. The molecule has 0 aromatic carbocycles. The van der Waals surface area contributed by atoms with E-state index in [1.807, 2.05) is 57.6 Å². The summed E-state index contributed by atoms with van der Waals surface area (Å²) in [5.74, 6) is -0.0847. The number of imidazole rings is 2. The van der Waals surface area contributed by atoms with Crippen LogP contribution in [0.15, 0.2) is 79.4 Å². The van der Waals surface area contributed by atoms with Gasteiger partial charge < -0.3 is 5.11 Å². The van der Waals surface area contributed by atoms with Gasteiger partial charge in [0.25, 0.3) is 17.0 Å². The smallest absolute Gasteiger partial charge is 0.333 e. The molecule has 0 atom stereocenters. The third kappa shape index (κ3) is 2.85. The highest BCUT2D eigenvalue weighted by atomic mass is 16.3. The minimum absolute atomic E-state index is 0.0402. The van der Waals surface area contributed by atoms with Gasteiger partial charge in [0.2, 0.25) is 5.69 Å². The molecule has 3 N–H and O–H groups in total. The van der Waals surface area contributed by atoms with Crippen LogP contribution in [-0.2, 0) is 0 Å². The Morgan fingerprint density at radius 1 is 0.931 bits per heavy atom. The molecule has 0 unspecified atom stereocenters. The molecule has 5 rings (SSSR count). The van der Waals surface area contributed by atoms with E-state index in [9.17, 15) is 9.90 Å². The number of hydrogen-bond acceptors (Lipinski definition) is 3. The van der Waals surface area contributed by atoms with Crippen LogP contribution < -0.4 is 8.80 Å². The molecule has 7 nitrogen and oxygen atoms in total. The van der Waals surface area contributed by atoms with E-state index in [0.717, 1.165) is 17.0 Å². The molecule has 0 saturated carbocycles. The van der Waals surface area contributed by atoms with Crippen molar-refractivity contribution < 1.29 is 18.7 Å². The number of nitrogens with zero attached hydrogens (tertiary/aromatic N) is 3. The third-order valence-electron chi connectivity index (χ3n) is 4.79. The van der Waals surface area contributed by atoms with Crippen molar-refractivity contribution in [3.8, 4) is 17.3 Å². The van der Waals surface area contributed by atoms with E-state index in [4.69, 9.17) is 0 Å². The van der Waals surface area contributed by atoms with Crippen molar-refractivity contribution in [3.63, 3.8) is 0 Å². The van der Waals surface area contributed by atoms with Crippen LogP contribution in [0.3, 0.4) is 0 Å². The van der Waals surface area contributed by atoms with Crippen molar-refractivity contribution in [1.29, 1.82) is 0 Å². The number of fused-ring (bicyclic) bond motifs is 2. The standard InChI is InChI=1S/C22H15N5O2/c28-17(15-9-11-23-12-10-15)8-7-16-20(24-18-5-1-3-13-26(16)18)21-22(29)25-19-6-2-4-14-27(19)21/h1-14H,(H,28,29)/p+2. The van der Waals surface area contributed by atoms with Gasteiger partial charge in [0.05, 0.1) is 12.4 Å². The fourth-order valence-corrected chi connectivity index (χ4v) is 3.45. The Morgan fingerprint density at radius 3 is 2.38 bits per heavy atom. The predicted molar refractivity (Wildman–Crippen MR) is 106 cm³/mol. The minimum Gasteiger partial charge on any atom is -0.475 e. The Morgan fingerprint density at radius 2 is 1.62 bits per heavy atom. The highest BCUT2D eigenvalue weighted by Gasteiger charge is 2.30. The summed E-state index contributed by atoms with van der Waals surface area (Å²) >= 11 is 0. The van der Waals surface area contributed by atoms with Gasteiger partial charge >= 0.3 is 5.88 Å². The van der Waals surface area contributed by atoms with Crippen LogP contribution in [-0.4, -0.2) is 25.8 Å². The maximum Gasteiger partial charge on any atom is 0.333 e. The first-order valence-corrected chi connectivity index (χ1v) is 9.09. The first-order valence-electron chi connectivity index (χ1n) is 9.09. The molecule has 0 spiro atoms. The highest BCUT2D eigenvalue weighted by molar-refractivity contribution is 6.06. The molecule has 5 aromatic heterocycles. The van der Waals surface area contributed by atoms with Gasteiger partial charge in [-0.15, -0.1) is 0 Å². The van der Waals surface area contributed by atoms with Gasteiger partial charge in [-0.1, -0.05) is 12.1 Å². The summed E-state index contributed by atoms with van der Waals surface area (Å²) in [6.07, 6.45) is 10.2. The summed E-state index contributed by atoms with van der Waals surface area (Å²) in [4.78, 5) is 22.8. The molecule has 0 saturated heterocycles. The second kappa shape index (κ2) is 6.72. The number of aromatic nitrogens is 5. The zero-order valence-corrected chi connectivity index (χ0v) is 15.3. The van der Waals surface area contributed by atoms with Crippen LogP contribution in [0.4, 0.5) is 0 Å². The second-order valence-corrected chi connectivity index (χ2v) is 6.55. The Bertz CT molecular complexity index is 1380. The Kier molecular flexibility index (Phi) is 3.91. The summed E-state index contributed by atoms with van der Waals surface area (Å²) in [7, 11) is 0. The van der Waals surface area contributed by atoms with Gasteiger partial charge in [-0.25, -0.2) is 9.97 Å². The molecule has 0 amide bonds. The Balaban J connectivity index is 1.70. The predicted octanol–water partition coefficient (Wildman–Crippen LogP) is 2.48. The molecule has 0 fully saturated rings. The summed E-state index contributed by atoms with van der Waals surface area (Å²) in [6.45, 7) is 0. The van der Waals surface area contributed by atoms with E-state index in [2.05, 4.69) is 15.0 Å². The number of carbonyl (C=O) groups excluding carboxylic acids is 1. The monoisotopic (exact) mass is 383 g/mol. The van der Waals surface area contributed by atoms with Crippen LogP contribution >= 0.6 is 0 Å². The molecule has 7 heteroatoms. The van der Waals surface area contributed by atoms with Crippen LogP contribution in [0, 0.1) is 0 Å². The first-order chi connectivity index (χ1) is 14.2. The fraction of sp³-hybridized carbons (Fsp3) is 0. The van der Waals surface area contributed by atoms with Gasteiger partial charge in [-0.2, -0.15) is 8.80 Å². The molecule has 0 radical (unpaired) electrons. The van der Waals surface area contributed by atoms with Gasteiger partial charge in [-0.05, 0) is 36.4 Å². The first kappa shape index (κ1) is 16.9. The number of ketones is 1. The quantitative estimate of drug-likeness (QED) is 0.253. The maximum absolute atomic E-state index is 12.6. The van der Waals surface area contributed by atoms with Gasteiger partial charge in [0.15, 0.2) is 11.5 Å². The number of hydrogen-bond donors (Lipinski definition) is 3. The van der Waals surface area contributed by atoms with E-state index in [-0.39, 0.29) is 11.7 Å². The normalized spacial score (nSPS) is 11.6. The average molecular weight is 383 g/mol. The minimum atomic E-state index is -0.125. The number of nitrogens with one attached hydrogen (secondary N) is 2. The zero-order valence-electron chi connectivity index (χ0n) is 15.3. The molecule has 0 aliphatic heterocycles. The average Bonchev–Trinajstić information content (AvgIpc) is 3.28. The van der Waals surface area contributed by atoms with Crippen molar-refractivity contribution in [2.24, 2.45) is 0 Å². The molecule has 140 valence electrons. The van der Waals surface area contributed by atoms with E-state index < -0.39 is 0 Å². The van der Waals surface area contributed by atoms with E-state index >= 15 is 0 Å². The topological polar surface area (TPSA) is 90.0 Å².